The van der Waals surface area contributed by atoms with Crippen molar-refractivity contribution < 1.29 is 18.5 Å². The molecule has 1 aliphatic rings. The number of rotatable bonds is 4. The second kappa shape index (κ2) is 6.81. The van der Waals surface area contributed by atoms with Crippen LogP contribution in [0.4, 0.5) is 20.2 Å². The average molecular weight is 317 g/mol. The summed E-state index contributed by atoms with van der Waals surface area (Å²) in [6.45, 7) is 0.791. The van der Waals surface area contributed by atoms with Gasteiger partial charge in [0.1, 0.15) is 5.82 Å². The summed E-state index contributed by atoms with van der Waals surface area (Å²) in [5.41, 5.74) is -1.27. The van der Waals surface area contributed by atoms with Gasteiger partial charge in [-0.25, -0.2) is 4.39 Å². The highest BCUT2D eigenvalue weighted by atomic mass is 32.2. The van der Waals surface area contributed by atoms with Crippen molar-refractivity contribution in [2.24, 2.45) is 0 Å². The van der Waals surface area contributed by atoms with Gasteiger partial charge in [0.05, 0.1) is 10.6 Å². The van der Waals surface area contributed by atoms with Gasteiger partial charge in [-0.3, -0.25) is 14.9 Å². The molecular formula is C12H13F2N3O3S. The third-order valence-corrected chi connectivity index (χ3v) is 4.07. The van der Waals surface area contributed by atoms with E-state index in [0.29, 0.717) is 12.1 Å². The molecule has 0 bridgehead atoms. The van der Waals surface area contributed by atoms with Gasteiger partial charge in [0, 0.05) is 42.6 Å². The van der Waals surface area contributed by atoms with Crippen LogP contribution in [0.25, 0.3) is 0 Å². The third kappa shape index (κ3) is 4.11. The number of nitro groups is 1. The molecule has 9 heteroatoms. The van der Waals surface area contributed by atoms with Crippen LogP contribution in [-0.4, -0.2) is 34.9 Å². The Bertz CT molecular complexity index is 565. The van der Waals surface area contributed by atoms with Gasteiger partial charge in [0.2, 0.25) is 11.7 Å². The Kier molecular flexibility index (Phi) is 5.07. The first-order valence-corrected chi connectivity index (χ1v) is 7.37. The first-order chi connectivity index (χ1) is 9.97. The van der Waals surface area contributed by atoms with Crippen molar-refractivity contribution in [3.63, 3.8) is 0 Å². The molecule has 1 saturated heterocycles. The monoisotopic (exact) mass is 317 g/mol. The van der Waals surface area contributed by atoms with Crippen LogP contribution in [0, 0.1) is 21.7 Å². The van der Waals surface area contributed by atoms with Gasteiger partial charge in [0.15, 0.2) is 0 Å². The van der Waals surface area contributed by atoms with Gasteiger partial charge in [-0.2, -0.15) is 16.2 Å². The number of amides is 1. The molecule has 1 aliphatic heterocycles. The SMILES string of the molecule is O=C(CC1CSCCN1)Nc1cc([N+](=O)[O-])c(F)cc1F. The molecule has 114 valence electrons. The van der Waals surface area contributed by atoms with Gasteiger partial charge >= 0.3 is 5.69 Å². The molecule has 0 aromatic heterocycles. The van der Waals surface area contributed by atoms with Gasteiger partial charge in [0.25, 0.3) is 0 Å². The fourth-order valence-electron chi connectivity index (χ4n) is 1.95. The number of halogens is 2. The van der Waals surface area contributed by atoms with Gasteiger partial charge in [-0.1, -0.05) is 0 Å². The van der Waals surface area contributed by atoms with Crippen molar-refractivity contribution in [2.75, 3.05) is 23.4 Å². The second-order valence-electron chi connectivity index (χ2n) is 4.52. The van der Waals surface area contributed by atoms with Crippen molar-refractivity contribution in [2.45, 2.75) is 12.5 Å². The molecule has 1 heterocycles. The number of anilines is 1. The zero-order valence-corrected chi connectivity index (χ0v) is 11.7. The zero-order valence-electron chi connectivity index (χ0n) is 10.9. The lowest BCUT2D eigenvalue weighted by molar-refractivity contribution is -0.387. The third-order valence-electron chi connectivity index (χ3n) is 2.94. The lowest BCUT2D eigenvalue weighted by Gasteiger charge is -2.22. The standard InChI is InChI=1S/C12H13F2N3O3S/c13-8-4-9(14)11(17(19)20)5-10(8)16-12(18)3-7-6-21-2-1-15-7/h4-5,7,15H,1-3,6H2,(H,16,18). The molecule has 6 nitrogen and oxygen atoms in total. The van der Waals surface area contributed by atoms with Crippen LogP contribution in [0.1, 0.15) is 6.42 Å². The maximum Gasteiger partial charge on any atom is 0.307 e. The lowest BCUT2D eigenvalue weighted by atomic mass is 10.2. The smallest absolute Gasteiger partial charge is 0.307 e. The molecule has 2 N–H and O–H groups in total. The predicted octanol–water partition coefficient (Wildman–Crippen LogP) is 1.91. The molecule has 1 aromatic rings. The van der Waals surface area contributed by atoms with Crippen molar-refractivity contribution >= 4 is 29.0 Å². The maximum atomic E-state index is 13.5. The van der Waals surface area contributed by atoms with E-state index in [4.69, 9.17) is 0 Å². The van der Waals surface area contributed by atoms with Crippen LogP contribution in [0.3, 0.4) is 0 Å². The van der Waals surface area contributed by atoms with Crippen LogP contribution in [-0.2, 0) is 4.79 Å². The lowest BCUT2D eigenvalue weighted by Crippen LogP contribution is -2.40. The van der Waals surface area contributed by atoms with Crippen LogP contribution in [0.2, 0.25) is 0 Å². The Balaban J connectivity index is 2.06. The Hall–Kier alpha value is -1.74. The van der Waals surface area contributed by atoms with Gasteiger partial charge < -0.3 is 10.6 Å². The largest absolute Gasteiger partial charge is 0.323 e. The Morgan fingerprint density at radius 1 is 1.48 bits per heavy atom. The van der Waals surface area contributed by atoms with E-state index < -0.39 is 33.8 Å². The summed E-state index contributed by atoms with van der Waals surface area (Å²) >= 11 is 1.71. The number of nitrogens with zero attached hydrogens (tertiary/aromatic N) is 1. The quantitative estimate of drug-likeness (QED) is 0.654. The Labute approximate surface area is 123 Å². The molecule has 1 unspecified atom stereocenters. The number of nitro benzene ring substituents is 1. The average Bonchev–Trinajstić information content (AvgIpc) is 2.42. The summed E-state index contributed by atoms with van der Waals surface area (Å²) in [5, 5.41) is 16.0. The number of hydrogen-bond donors (Lipinski definition) is 2. The van der Waals surface area contributed by atoms with E-state index >= 15 is 0 Å². The van der Waals surface area contributed by atoms with Crippen LogP contribution >= 0.6 is 11.8 Å². The molecule has 1 atom stereocenters. The van der Waals surface area contributed by atoms with Crippen molar-refractivity contribution in [1.82, 2.24) is 5.32 Å². The molecule has 1 aromatic carbocycles. The van der Waals surface area contributed by atoms with Crippen LogP contribution in [0.5, 0.6) is 0 Å². The van der Waals surface area contributed by atoms with Gasteiger partial charge in [-0.05, 0) is 0 Å². The Morgan fingerprint density at radius 2 is 2.24 bits per heavy atom. The number of hydrogen-bond acceptors (Lipinski definition) is 5. The minimum Gasteiger partial charge on any atom is -0.323 e. The summed E-state index contributed by atoms with van der Waals surface area (Å²) in [6.07, 6.45) is 0.123. The predicted molar refractivity (Wildman–Crippen MR) is 75.4 cm³/mol. The van der Waals surface area contributed by atoms with E-state index in [2.05, 4.69) is 10.6 Å². The Morgan fingerprint density at radius 3 is 2.86 bits per heavy atom. The minimum absolute atomic E-state index is 0.0257. The number of carbonyl (C=O) groups excluding carboxylic acids is 1. The fraction of sp³-hybridized carbons (Fsp3) is 0.417. The molecule has 2 rings (SSSR count). The molecular weight excluding hydrogens is 304 g/mol. The molecule has 1 fully saturated rings. The van der Waals surface area contributed by atoms with E-state index in [9.17, 15) is 23.7 Å². The summed E-state index contributed by atoms with van der Waals surface area (Å²) in [7, 11) is 0. The molecule has 0 saturated carbocycles. The van der Waals surface area contributed by atoms with E-state index in [0.717, 1.165) is 18.1 Å². The van der Waals surface area contributed by atoms with E-state index in [1.165, 1.54) is 0 Å². The zero-order chi connectivity index (χ0) is 15.4. The van der Waals surface area contributed by atoms with Gasteiger partial charge in [-0.15, -0.1) is 0 Å². The first kappa shape index (κ1) is 15.6. The van der Waals surface area contributed by atoms with Crippen molar-refractivity contribution in [1.29, 1.82) is 0 Å². The summed E-state index contributed by atoms with van der Waals surface area (Å²) in [4.78, 5) is 21.4. The minimum atomic E-state index is -1.28. The molecule has 1 amide bonds. The van der Waals surface area contributed by atoms with Crippen molar-refractivity contribution in [3.8, 4) is 0 Å². The van der Waals surface area contributed by atoms with E-state index in [1.807, 2.05) is 0 Å². The van der Waals surface area contributed by atoms with E-state index in [1.54, 1.807) is 11.8 Å². The second-order valence-corrected chi connectivity index (χ2v) is 5.67. The molecule has 0 spiro atoms. The summed E-state index contributed by atoms with van der Waals surface area (Å²) in [6, 6.07) is 1.05. The summed E-state index contributed by atoms with van der Waals surface area (Å²) < 4.78 is 26.7. The molecule has 0 aliphatic carbocycles. The summed E-state index contributed by atoms with van der Waals surface area (Å²) in [5.74, 6) is -1.07. The van der Waals surface area contributed by atoms with Crippen LogP contribution in [0.15, 0.2) is 12.1 Å². The normalized spacial score (nSPS) is 18.3. The maximum absolute atomic E-state index is 13.5. The highest BCUT2D eigenvalue weighted by Gasteiger charge is 2.21. The number of carbonyl (C=O) groups is 1. The number of nitrogens with one attached hydrogen (secondary N) is 2. The highest BCUT2D eigenvalue weighted by Crippen LogP contribution is 2.25. The van der Waals surface area contributed by atoms with Crippen LogP contribution < -0.4 is 10.6 Å². The number of thioether (sulfide) groups is 1. The number of benzene rings is 1. The fourth-order valence-corrected chi connectivity index (χ4v) is 2.90. The highest BCUT2D eigenvalue weighted by molar-refractivity contribution is 7.99. The van der Waals surface area contributed by atoms with Crippen molar-refractivity contribution in [3.05, 3.63) is 33.9 Å². The molecule has 21 heavy (non-hydrogen) atoms. The topological polar surface area (TPSA) is 84.3 Å². The first-order valence-electron chi connectivity index (χ1n) is 6.22. The van der Waals surface area contributed by atoms with E-state index in [-0.39, 0.29) is 12.5 Å². The molecule has 0 radical (unpaired) electrons.